The highest BCUT2D eigenvalue weighted by Gasteiger charge is 1.96. The molecule has 0 aliphatic carbocycles. The lowest BCUT2D eigenvalue weighted by Crippen LogP contribution is -2.17. The van der Waals surface area contributed by atoms with Crippen LogP contribution in [-0.4, -0.2) is 11.8 Å². The number of nitrogens with two attached hydrogens (primary N) is 1. The Morgan fingerprint density at radius 3 is 2.83 bits per heavy atom. The molecule has 0 saturated heterocycles. The van der Waals surface area contributed by atoms with Gasteiger partial charge in [0.15, 0.2) is 0 Å². The second-order valence-corrected chi connectivity index (χ2v) is 4.20. The maximum Gasteiger partial charge on any atom is 0.0129 e. The van der Waals surface area contributed by atoms with Gasteiger partial charge in [-0.1, -0.05) is 17.7 Å². The molecule has 1 unspecified atom stereocenters. The molecule has 1 aromatic rings. The van der Waals surface area contributed by atoms with Crippen molar-refractivity contribution in [2.75, 3.05) is 5.75 Å². The molecule has 0 bridgehead atoms. The zero-order chi connectivity index (χ0) is 8.97. The van der Waals surface area contributed by atoms with E-state index in [0.717, 1.165) is 5.75 Å². The summed E-state index contributed by atoms with van der Waals surface area (Å²) in [5, 5.41) is 0. The summed E-state index contributed by atoms with van der Waals surface area (Å²) in [6.45, 7) is 4.14. The van der Waals surface area contributed by atoms with Gasteiger partial charge in [-0.2, -0.15) is 0 Å². The van der Waals surface area contributed by atoms with Gasteiger partial charge in [0.2, 0.25) is 0 Å². The standard InChI is InChI=1S/C10H15NS/c1-8-4-3-5-10(6-8)12-7-9(2)11/h3-6,9H,7,11H2,1-2H3. The van der Waals surface area contributed by atoms with Crippen LogP contribution in [-0.2, 0) is 0 Å². The van der Waals surface area contributed by atoms with Crippen LogP contribution >= 0.6 is 11.8 Å². The summed E-state index contributed by atoms with van der Waals surface area (Å²) in [7, 11) is 0. The van der Waals surface area contributed by atoms with Crippen LogP contribution in [0.2, 0.25) is 0 Å². The third-order valence-electron chi connectivity index (χ3n) is 1.50. The summed E-state index contributed by atoms with van der Waals surface area (Å²) >= 11 is 1.82. The first-order chi connectivity index (χ1) is 5.68. The molecule has 0 aliphatic rings. The van der Waals surface area contributed by atoms with E-state index < -0.39 is 0 Å². The smallest absolute Gasteiger partial charge is 0.0129 e. The van der Waals surface area contributed by atoms with E-state index in [1.807, 2.05) is 18.7 Å². The van der Waals surface area contributed by atoms with Crippen LogP contribution in [0.15, 0.2) is 29.2 Å². The summed E-state index contributed by atoms with van der Waals surface area (Å²) in [5.74, 6) is 0.990. The quantitative estimate of drug-likeness (QED) is 0.725. The van der Waals surface area contributed by atoms with Crippen LogP contribution in [0.1, 0.15) is 12.5 Å². The number of hydrogen-bond acceptors (Lipinski definition) is 2. The lowest BCUT2D eigenvalue weighted by molar-refractivity contribution is 0.847. The van der Waals surface area contributed by atoms with Gasteiger partial charge in [0, 0.05) is 16.7 Å². The Labute approximate surface area is 78.4 Å². The monoisotopic (exact) mass is 181 g/mol. The Morgan fingerprint density at radius 2 is 2.25 bits per heavy atom. The molecular formula is C10H15NS. The largest absolute Gasteiger partial charge is 0.327 e. The van der Waals surface area contributed by atoms with Crippen molar-refractivity contribution in [3.05, 3.63) is 29.8 Å². The minimum atomic E-state index is 0.274. The molecular weight excluding hydrogens is 166 g/mol. The molecule has 1 atom stereocenters. The van der Waals surface area contributed by atoms with E-state index in [2.05, 4.69) is 31.2 Å². The average molecular weight is 181 g/mol. The van der Waals surface area contributed by atoms with Gasteiger partial charge in [0.05, 0.1) is 0 Å². The van der Waals surface area contributed by atoms with Gasteiger partial charge in [-0.15, -0.1) is 11.8 Å². The number of benzene rings is 1. The Morgan fingerprint density at radius 1 is 1.50 bits per heavy atom. The first-order valence-corrected chi connectivity index (χ1v) is 5.12. The molecule has 0 aromatic heterocycles. The first-order valence-electron chi connectivity index (χ1n) is 4.13. The number of aryl methyl sites for hydroxylation is 1. The fraction of sp³-hybridized carbons (Fsp3) is 0.400. The van der Waals surface area contributed by atoms with Crippen LogP contribution < -0.4 is 5.73 Å². The summed E-state index contributed by atoms with van der Waals surface area (Å²) in [4.78, 5) is 1.31. The molecule has 12 heavy (non-hydrogen) atoms. The molecule has 1 nitrogen and oxygen atoms in total. The fourth-order valence-electron chi connectivity index (χ4n) is 0.933. The molecule has 0 radical (unpaired) electrons. The van der Waals surface area contributed by atoms with E-state index in [-0.39, 0.29) is 6.04 Å². The van der Waals surface area contributed by atoms with Crippen molar-refractivity contribution < 1.29 is 0 Å². The minimum Gasteiger partial charge on any atom is -0.327 e. The van der Waals surface area contributed by atoms with E-state index in [9.17, 15) is 0 Å². The van der Waals surface area contributed by atoms with Gasteiger partial charge < -0.3 is 5.73 Å². The molecule has 1 rings (SSSR count). The Kier molecular flexibility index (Phi) is 3.63. The van der Waals surface area contributed by atoms with Crippen LogP contribution in [0.4, 0.5) is 0 Å². The Bertz CT molecular complexity index is 245. The van der Waals surface area contributed by atoms with Crippen LogP contribution in [0.3, 0.4) is 0 Å². The van der Waals surface area contributed by atoms with Gasteiger partial charge in [0.25, 0.3) is 0 Å². The van der Waals surface area contributed by atoms with Crippen molar-refractivity contribution in [1.29, 1.82) is 0 Å². The van der Waals surface area contributed by atoms with Gasteiger partial charge in [-0.05, 0) is 26.0 Å². The third kappa shape index (κ3) is 3.28. The van der Waals surface area contributed by atoms with E-state index in [4.69, 9.17) is 5.73 Å². The van der Waals surface area contributed by atoms with Crippen molar-refractivity contribution in [2.45, 2.75) is 24.8 Å². The molecule has 0 aliphatic heterocycles. The molecule has 0 spiro atoms. The van der Waals surface area contributed by atoms with Crippen molar-refractivity contribution >= 4 is 11.8 Å². The molecule has 0 heterocycles. The van der Waals surface area contributed by atoms with Crippen molar-refractivity contribution in [1.82, 2.24) is 0 Å². The predicted molar refractivity (Wildman–Crippen MR) is 55.6 cm³/mol. The topological polar surface area (TPSA) is 26.0 Å². The second kappa shape index (κ2) is 4.53. The second-order valence-electron chi connectivity index (χ2n) is 3.10. The highest BCUT2D eigenvalue weighted by molar-refractivity contribution is 7.99. The van der Waals surface area contributed by atoms with Gasteiger partial charge in [-0.3, -0.25) is 0 Å². The predicted octanol–water partition coefficient (Wildman–Crippen LogP) is 2.43. The molecule has 0 fully saturated rings. The lowest BCUT2D eigenvalue weighted by Gasteiger charge is -2.04. The van der Waals surface area contributed by atoms with Crippen molar-refractivity contribution in [3.8, 4) is 0 Å². The van der Waals surface area contributed by atoms with E-state index in [1.165, 1.54) is 10.5 Å². The number of hydrogen-bond donors (Lipinski definition) is 1. The van der Waals surface area contributed by atoms with Crippen LogP contribution in [0, 0.1) is 6.92 Å². The maximum atomic E-state index is 5.66. The average Bonchev–Trinajstić information content (AvgIpc) is 2.01. The van der Waals surface area contributed by atoms with E-state index >= 15 is 0 Å². The zero-order valence-corrected chi connectivity index (χ0v) is 8.40. The zero-order valence-electron chi connectivity index (χ0n) is 7.58. The fourth-order valence-corrected chi connectivity index (χ4v) is 1.83. The molecule has 2 heteroatoms. The maximum absolute atomic E-state index is 5.66. The summed E-state index contributed by atoms with van der Waals surface area (Å²) in [6.07, 6.45) is 0. The molecule has 1 aromatic carbocycles. The normalized spacial score (nSPS) is 12.9. The van der Waals surface area contributed by atoms with Crippen molar-refractivity contribution in [3.63, 3.8) is 0 Å². The summed E-state index contributed by atoms with van der Waals surface area (Å²) in [5.41, 5.74) is 6.97. The van der Waals surface area contributed by atoms with Crippen molar-refractivity contribution in [2.24, 2.45) is 5.73 Å². The highest BCUT2D eigenvalue weighted by atomic mass is 32.2. The molecule has 66 valence electrons. The van der Waals surface area contributed by atoms with Gasteiger partial charge in [-0.25, -0.2) is 0 Å². The Balaban J connectivity index is 2.52. The number of rotatable bonds is 3. The van der Waals surface area contributed by atoms with E-state index in [0.29, 0.717) is 0 Å². The summed E-state index contributed by atoms with van der Waals surface area (Å²) in [6, 6.07) is 8.78. The molecule has 0 amide bonds. The van der Waals surface area contributed by atoms with Gasteiger partial charge >= 0.3 is 0 Å². The van der Waals surface area contributed by atoms with E-state index in [1.54, 1.807) is 0 Å². The SMILES string of the molecule is Cc1cccc(SCC(C)N)c1. The van der Waals surface area contributed by atoms with Crippen LogP contribution in [0.5, 0.6) is 0 Å². The number of thioether (sulfide) groups is 1. The first kappa shape index (κ1) is 9.62. The van der Waals surface area contributed by atoms with Gasteiger partial charge in [0.1, 0.15) is 0 Å². The summed E-state index contributed by atoms with van der Waals surface area (Å²) < 4.78 is 0. The third-order valence-corrected chi connectivity index (χ3v) is 2.78. The molecule has 0 saturated carbocycles. The highest BCUT2D eigenvalue weighted by Crippen LogP contribution is 2.18. The Hall–Kier alpha value is -0.470. The lowest BCUT2D eigenvalue weighted by atomic mass is 10.2. The van der Waals surface area contributed by atoms with Crippen LogP contribution in [0.25, 0.3) is 0 Å². The minimum absolute atomic E-state index is 0.274. The molecule has 2 N–H and O–H groups in total.